The molecule has 0 aliphatic carbocycles. The molecule has 0 saturated heterocycles. The quantitative estimate of drug-likeness (QED) is 0.192. The first-order valence-corrected chi connectivity index (χ1v) is 4.70. The lowest BCUT2D eigenvalue weighted by atomic mass is 10.8. The summed E-state index contributed by atoms with van der Waals surface area (Å²) >= 11 is 0. The molecule has 11 heteroatoms. The minimum Gasteiger partial charge on any atom is -0.303 e. The van der Waals surface area contributed by atoms with Crippen molar-refractivity contribution in [2.24, 2.45) is 0 Å². The van der Waals surface area contributed by atoms with E-state index in [1.54, 1.807) is 0 Å². The van der Waals surface area contributed by atoms with Gasteiger partial charge in [-0.05, 0) is 0 Å². The summed E-state index contributed by atoms with van der Waals surface area (Å²) in [7, 11) is -9.28. The largest absolute Gasteiger partial charge is 0.466 e. The zero-order valence-electron chi connectivity index (χ0n) is 4.97. The van der Waals surface area contributed by atoms with Crippen molar-refractivity contribution < 1.29 is 38.5 Å². The zero-order valence-corrected chi connectivity index (χ0v) is 6.76. The molecule has 0 aromatic rings. The molecule has 0 heterocycles. The summed E-state index contributed by atoms with van der Waals surface area (Å²) in [5, 5.41) is 0. The van der Waals surface area contributed by atoms with Crippen LogP contribution in [0.3, 0.4) is 0 Å². The fourth-order valence-electron chi connectivity index (χ4n) is 0. The normalized spacial score (nSPS) is 10.7. The van der Waals surface area contributed by atoms with Gasteiger partial charge in [-0.2, -0.15) is 0 Å². The molecular formula is H6BO8P2. The Morgan fingerprint density at radius 2 is 0.636 bits per heavy atom. The van der Waals surface area contributed by atoms with Gasteiger partial charge in [-0.25, -0.2) is 9.13 Å². The standard InChI is InChI=1S/B.2H3O4P/c;2*1-5(2,3)4/h;2*(H3,1,2,3,4). The van der Waals surface area contributed by atoms with Gasteiger partial charge >= 0.3 is 15.6 Å². The molecule has 0 spiro atoms. The number of phosphoric acid groups is 2. The van der Waals surface area contributed by atoms with Gasteiger partial charge in [0.05, 0.1) is 0 Å². The van der Waals surface area contributed by atoms with Gasteiger partial charge in [0.25, 0.3) is 0 Å². The van der Waals surface area contributed by atoms with Crippen LogP contribution in [0.25, 0.3) is 0 Å². The Morgan fingerprint density at radius 3 is 0.636 bits per heavy atom. The highest BCUT2D eigenvalue weighted by atomic mass is 31.2. The zero-order chi connectivity index (χ0) is 9.00. The third-order valence-electron chi connectivity index (χ3n) is 0. The van der Waals surface area contributed by atoms with Gasteiger partial charge in [-0.1, -0.05) is 0 Å². The third kappa shape index (κ3) is 8700. The smallest absolute Gasteiger partial charge is 0.303 e. The highest BCUT2D eigenvalue weighted by Crippen LogP contribution is 2.26. The van der Waals surface area contributed by atoms with Gasteiger partial charge in [0.1, 0.15) is 0 Å². The molecule has 0 aliphatic rings. The summed E-state index contributed by atoms with van der Waals surface area (Å²) in [5.41, 5.74) is 0. The minimum atomic E-state index is -4.64. The van der Waals surface area contributed by atoms with Gasteiger partial charge in [0.15, 0.2) is 0 Å². The van der Waals surface area contributed by atoms with E-state index < -0.39 is 15.6 Å². The van der Waals surface area contributed by atoms with E-state index in [0.29, 0.717) is 0 Å². The average molecular weight is 207 g/mol. The first kappa shape index (κ1) is 17.4. The molecule has 0 fully saturated rings. The Morgan fingerprint density at radius 1 is 0.636 bits per heavy atom. The molecule has 0 aliphatic heterocycles. The molecule has 3 radical (unpaired) electrons. The monoisotopic (exact) mass is 207 g/mol. The van der Waals surface area contributed by atoms with Crippen molar-refractivity contribution >= 4 is 24.1 Å². The van der Waals surface area contributed by atoms with Crippen LogP contribution in [0.4, 0.5) is 0 Å². The van der Waals surface area contributed by atoms with Crippen molar-refractivity contribution in [2.45, 2.75) is 0 Å². The lowest BCUT2D eigenvalue weighted by Crippen LogP contribution is -1.66. The SMILES string of the molecule is O=P(O)(O)O.O=P(O)(O)O.[B]. The van der Waals surface area contributed by atoms with E-state index in [1.165, 1.54) is 0 Å². The number of rotatable bonds is 0. The third-order valence-corrected chi connectivity index (χ3v) is 0. The Balaban J connectivity index is -0.000000107. The molecule has 0 aromatic heterocycles. The predicted octanol–water partition coefficient (Wildman–Crippen LogP) is -2.24. The summed E-state index contributed by atoms with van der Waals surface area (Å²) in [4.78, 5) is 43.1. The topological polar surface area (TPSA) is 156 Å². The van der Waals surface area contributed by atoms with Crippen molar-refractivity contribution in [1.82, 2.24) is 0 Å². The maximum Gasteiger partial charge on any atom is 0.466 e. The summed E-state index contributed by atoms with van der Waals surface area (Å²) in [6.45, 7) is 0. The van der Waals surface area contributed by atoms with Crippen LogP contribution in [0.15, 0.2) is 0 Å². The van der Waals surface area contributed by atoms with Crippen LogP contribution in [0.5, 0.6) is 0 Å². The molecule has 67 valence electrons. The summed E-state index contributed by atoms with van der Waals surface area (Å²) in [6.07, 6.45) is 0. The van der Waals surface area contributed by atoms with Gasteiger partial charge in [-0.15, -0.1) is 0 Å². The number of hydrogen-bond acceptors (Lipinski definition) is 2. The molecule has 6 N–H and O–H groups in total. The molecule has 0 amide bonds. The van der Waals surface area contributed by atoms with E-state index in [1.807, 2.05) is 0 Å². The van der Waals surface area contributed by atoms with E-state index >= 15 is 0 Å². The lowest BCUT2D eigenvalue weighted by molar-refractivity contribution is 0.272. The van der Waals surface area contributed by atoms with Crippen molar-refractivity contribution in [3.8, 4) is 0 Å². The van der Waals surface area contributed by atoms with Crippen LogP contribution in [0.2, 0.25) is 0 Å². The fourth-order valence-corrected chi connectivity index (χ4v) is 0. The minimum absolute atomic E-state index is 0. The molecule has 11 heavy (non-hydrogen) atoms. The molecule has 0 saturated carbocycles. The molecular weight excluding hydrogens is 201 g/mol. The van der Waals surface area contributed by atoms with Crippen LogP contribution < -0.4 is 0 Å². The Hall–Kier alpha value is 0.285. The first-order chi connectivity index (χ1) is 4.00. The van der Waals surface area contributed by atoms with E-state index in [9.17, 15) is 0 Å². The predicted molar refractivity (Wildman–Crippen MR) is 34.3 cm³/mol. The second-order valence-corrected chi connectivity index (χ2v) is 3.08. The fraction of sp³-hybridized carbons (Fsp3) is 0. The lowest BCUT2D eigenvalue weighted by Gasteiger charge is -1.82. The van der Waals surface area contributed by atoms with Crippen LogP contribution in [0.1, 0.15) is 0 Å². The van der Waals surface area contributed by atoms with Crippen LogP contribution >= 0.6 is 15.6 Å². The van der Waals surface area contributed by atoms with Crippen molar-refractivity contribution in [1.29, 1.82) is 0 Å². The highest BCUT2D eigenvalue weighted by Gasteiger charge is 2.00. The number of hydrogen-bond donors (Lipinski definition) is 6. The van der Waals surface area contributed by atoms with Crippen LogP contribution in [-0.4, -0.2) is 37.8 Å². The van der Waals surface area contributed by atoms with Crippen LogP contribution in [-0.2, 0) is 9.13 Å². The van der Waals surface area contributed by atoms with Crippen molar-refractivity contribution in [2.75, 3.05) is 0 Å². The van der Waals surface area contributed by atoms with Gasteiger partial charge in [0.2, 0.25) is 0 Å². The van der Waals surface area contributed by atoms with Gasteiger partial charge in [0, 0.05) is 8.41 Å². The molecule has 0 unspecified atom stereocenters. The van der Waals surface area contributed by atoms with E-state index in [-0.39, 0.29) is 8.41 Å². The van der Waals surface area contributed by atoms with Crippen LogP contribution in [0, 0.1) is 0 Å². The Bertz CT molecular complexity index is 124. The molecule has 0 bridgehead atoms. The Labute approximate surface area is 63.6 Å². The second-order valence-electron chi connectivity index (χ2n) is 1.03. The second kappa shape index (κ2) is 5.88. The summed E-state index contributed by atoms with van der Waals surface area (Å²) < 4.78 is 17.8. The molecule has 0 rings (SSSR count). The van der Waals surface area contributed by atoms with Crippen molar-refractivity contribution in [3.63, 3.8) is 0 Å². The Kier molecular flexibility index (Phi) is 9.29. The maximum atomic E-state index is 8.88. The molecule has 0 aromatic carbocycles. The van der Waals surface area contributed by atoms with E-state index in [0.717, 1.165) is 0 Å². The summed E-state index contributed by atoms with van der Waals surface area (Å²) in [6, 6.07) is 0. The van der Waals surface area contributed by atoms with Gasteiger partial charge < -0.3 is 29.4 Å². The molecule has 8 nitrogen and oxygen atoms in total. The summed E-state index contributed by atoms with van der Waals surface area (Å²) in [5.74, 6) is 0. The molecule has 0 atom stereocenters. The average Bonchev–Trinajstić information content (AvgIpc) is 1.12. The maximum absolute atomic E-state index is 8.88. The van der Waals surface area contributed by atoms with E-state index in [2.05, 4.69) is 0 Å². The van der Waals surface area contributed by atoms with Crippen molar-refractivity contribution in [3.05, 3.63) is 0 Å². The first-order valence-electron chi connectivity index (χ1n) is 1.57. The van der Waals surface area contributed by atoms with E-state index in [4.69, 9.17) is 38.5 Å². The highest BCUT2D eigenvalue weighted by molar-refractivity contribution is 7.45. The van der Waals surface area contributed by atoms with Gasteiger partial charge in [-0.3, -0.25) is 0 Å².